The average Bonchev–Trinajstić information content (AvgIpc) is 3.29. The molecule has 3 aromatic heterocycles. The van der Waals surface area contributed by atoms with Gasteiger partial charge in [0.15, 0.2) is 5.65 Å². The normalized spacial score (nSPS) is 17.1. The summed E-state index contributed by atoms with van der Waals surface area (Å²) >= 11 is 0. The van der Waals surface area contributed by atoms with E-state index >= 15 is 0 Å². The number of fused-ring (bicyclic) bond motifs is 1. The maximum Gasteiger partial charge on any atom is 0.410 e. The second-order valence-electron chi connectivity index (χ2n) is 11.4. The van der Waals surface area contributed by atoms with Crippen molar-refractivity contribution in [1.29, 1.82) is 0 Å². The van der Waals surface area contributed by atoms with Gasteiger partial charge in [-0.25, -0.2) is 24.4 Å². The Balaban J connectivity index is 1.15. The second kappa shape index (κ2) is 10.4. The number of nitrogens with two attached hydrogens (primary N) is 1. The Bertz CT molecular complexity index is 1490. The van der Waals surface area contributed by atoms with Gasteiger partial charge in [0.25, 0.3) is 0 Å². The van der Waals surface area contributed by atoms with Crippen LogP contribution in [0.5, 0.6) is 11.6 Å². The molecular formula is C29H34N8O3. The first-order valence-electron chi connectivity index (χ1n) is 13.6. The van der Waals surface area contributed by atoms with Gasteiger partial charge in [0.05, 0.1) is 11.4 Å². The van der Waals surface area contributed by atoms with Crippen LogP contribution in [-0.2, 0) is 4.74 Å². The second-order valence-corrected chi connectivity index (χ2v) is 11.4. The summed E-state index contributed by atoms with van der Waals surface area (Å²) in [4.78, 5) is 29.9. The van der Waals surface area contributed by atoms with Gasteiger partial charge in [0, 0.05) is 50.0 Å². The number of amides is 1. The van der Waals surface area contributed by atoms with E-state index in [-0.39, 0.29) is 12.1 Å². The minimum atomic E-state index is -0.479. The molecule has 2 N–H and O–H groups in total. The number of hydrogen-bond donors (Lipinski definition) is 1. The third-order valence-corrected chi connectivity index (χ3v) is 7.37. The highest BCUT2D eigenvalue weighted by atomic mass is 16.6. The summed E-state index contributed by atoms with van der Waals surface area (Å²) in [5.74, 6) is 1.61. The first-order chi connectivity index (χ1) is 19.2. The standard InChI is InChI=1S/C29H34N8O3/c1-29(2,3)40-28(38)36-16-21(17-36)35-13-11-20(12-14-35)37-27-24(26(30)32-18-33-27)25(34-37)19-9-10-23(31-15-19)39-22-7-5-4-6-8-22/h4-10,15,18,20-21H,11-14,16-17H2,1-3H3,(H2,30,32,33). The van der Waals surface area contributed by atoms with Gasteiger partial charge in [-0.05, 0) is 51.8 Å². The highest BCUT2D eigenvalue weighted by molar-refractivity contribution is 5.98. The molecule has 0 saturated carbocycles. The summed E-state index contributed by atoms with van der Waals surface area (Å²) in [5, 5.41) is 5.73. The molecule has 0 bridgehead atoms. The molecular weight excluding hydrogens is 508 g/mol. The lowest BCUT2D eigenvalue weighted by Gasteiger charge is -2.47. The molecule has 40 heavy (non-hydrogen) atoms. The quantitative estimate of drug-likeness (QED) is 0.387. The highest BCUT2D eigenvalue weighted by Gasteiger charge is 2.38. The molecule has 0 atom stereocenters. The van der Waals surface area contributed by atoms with Crippen molar-refractivity contribution in [1.82, 2.24) is 34.5 Å². The van der Waals surface area contributed by atoms with Crippen LogP contribution < -0.4 is 10.5 Å². The molecule has 1 aromatic carbocycles. The van der Waals surface area contributed by atoms with Crippen molar-refractivity contribution in [2.75, 3.05) is 31.9 Å². The van der Waals surface area contributed by atoms with Crippen molar-refractivity contribution >= 4 is 22.9 Å². The summed E-state index contributed by atoms with van der Waals surface area (Å²) in [6, 6.07) is 13.8. The van der Waals surface area contributed by atoms with E-state index < -0.39 is 5.60 Å². The number of hydrogen-bond acceptors (Lipinski definition) is 9. The van der Waals surface area contributed by atoms with Crippen LogP contribution in [0.2, 0.25) is 0 Å². The first-order valence-corrected chi connectivity index (χ1v) is 13.6. The zero-order valence-corrected chi connectivity index (χ0v) is 23.0. The van der Waals surface area contributed by atoms with Gasteiger partial charge in [-0.1, -0.05) is 18.2 Å². The number of para-hydroxylation sites is 1. The number of benzene rings is 1. The van der Waals surface area contributed by atoms with Gasteiger partial charge in [0.2, 0.25) is 5.88 Å². The molecule has 2 saturated heterocycles. The molecule has 2 aliphatic rings. The van der Waals surface area contributed by atoms with Crippen LogP contribution >= 0.6 is 0 Å². The molecule has 0 spiro atoms. The molecule has 2 fully saturated rings. The number of nitrogens with zero attached hydrogens (tertiary/aromatic N) is 7. The van der Waals surface area contributed by atoms with Gasteiger partial charge in [-0.3, -0.25) is 4.90 Å². The molecule has 208 valence electrons. The Morgan fingerprint density at radius 2 is 1.73 bits per heavy atom. The number of carbonyl (C=O) groups excluding carboxylic acids is 1. The van der Waals surface area contributed by atoms with Crippen LogP contribution in [0.1, 0.15) is 39.7 Å². The topological polar surface area (TPSA) is 125 Å². The van der Waals surface area contributed by atoms with Gasteiger partial charge in [-0.2, -0.15) is 5.10 Å². The Kier molecular flexibility index (Phi) is 6.75. The van der Waals surface area contributed by atoms with E-state index in [0.717, 1.165) is 48.3 Å². The Morgan fingerprint density at radius 3 is 2.40 bits per heavy atom. The Hall–Kier alpha value is -4.25. The van der Waals surface area contributed by atoms with E-state index in [2.05, 4.69) is 19.9 Å². The summed E-state index contributed by atoms with van der Waals surface area (Å²) in [6.07, 6.45) is 4.84. The Labute approximate surface area is 232 Å². The largest absolute Gasteiger partial charge is 0.444 e. The van der Waals surface area contributed by atoms with Crippen molar-refractivity contribution in [2.24, 2.45) is 0 Å². The average molecular weight is 543 g/mol. The predicted octanol–water partition coefficient (Wildman–Crippen LogP) is 4.52. The summed E-state index contributed by atoms with van der Waals surface area (Å²) < 4.78 is 13.3. The van der Waals surface area contributed by atoms with E-state index in [1.54, 1.807) is 11.1 Å². The number of rotatable bonds is 5. The fourth-order valence-corrected chi connectivity index (χ4v) is 5.30. The molecule has 0 aliphatic carbocycles. The number of piperidine rings is 1. The lowest BCUT2D eigenvalue weighted by Crippen LogP contribution is -2.62. The van der Waals surface area contributed by atoms with Crippen molar-refractivity contribution < 1.29 is 14.3 Å². The van der Waals surface area contributed by atoms with Crippen LogP contribution in [0.4, 0.5) is 10.6 Å². The maximum atomic E-state index is 12.3. The number of carbonyl (C=O) groups is 1. The lowest BCUT2D eigenvalue weighted by atomic mass is 10.00. The number of likely N-dealkylation sites (tertiary alicyclic amines) is 2. The number of anilines is 1. The fraction of sp³-hybridized carbons (Fsp3) is 0.414. The lowest BCUT2D eigenvalue weighted by molar-refractivity contribution is -0.0213. The van der Waals surface area contributed by atoms with Crippen molar-refractivity contribution in [2.45, 2.75) is 51.3 Å². The number of aromatic nitrogens is 5. The smallest absolute Gasteiger partial charge is 0.410 e. The van der Waals surface area contributed by atoms with E-state index in [1.807, 2.05) is 67.9 Å². The molecule has 11 nitrogen and oxygen atoms in total. The Morgan fingerprint density at radius 1 is 0.975 bits per heavy atom. The van der Waals surface area contributed by atoms with Crippen LogP contribution in [0.3, 0.4) is 0 Å². The van der Waals surface area contributed by atoms with E-state index in [4.69, 9.17) is 20.3 Å². The van der Waals surface area contributed by atoms with Crippen molar-refractivity contribution in [3.63, 3.8) is 0 Å². The molecule has 2 aliphatic heterocycles. The van der Waals surface area contributed by atoms with Gasteiger partial charge < -0.3 is 20.1 Å². The third-order valence-electron chi connectivity index (χ3n) is 7.37. The molecule has 0 radical (unpaired) electrons. The van der Waals surface area contributed by atoms with Crippen LogP contribution in [0.25, 0.3) is 22.3 Å². The van der Waals surface area contributed by atoms with E-state index in [9.17, 15) is 4.79 Å². The number of nitrogen functional groups attached to an aromatic ring is 1. The minimum absolute atomic E-state index is 0.178. The molecule has 6 rings (SSSR count). The number of ether oxygens (including phenoxy) is 2. The summed E-state index contributed by atoms with van der Waals surface area (Å²) in [6.45, 7) is 8.92. The highest BCUT2D eigenvalue weighted by Crippen LogP contribution is 2.35. The predicted molar refractivity (Wildman–Crippen MR) is 151 cm³/mol. The van der Waals surface area contributed by atoms with Crippen molar-refractivity contribution in [3.05, 3.63) is 55.0 Å². The summed E-state index contributed by atoms with van der Waals surface area (Å²) in [5.41, 5.74) is 8.11. The van der Waals surface area contributed by atoms with Crippen molar-refractivity contribution in [3.8, 4) is 22.9 Å². The minimum Gasteiger partial charge on any atom is -0.444 e. The molecule has 1 amide bonds. The molecule has 4 aromatic rings. The zero-order valence-electron chi connectivity index (χ0n) is 23.0. The molecule has 11 heteroatoms. The van der Waals surface area contributed by atoms with E-state index in [1.165, 1.54) is 6.33 Å². The zero-order chi connectivity index (χ0) is 27.9. The SMILES string of the molecule is CC(C)(C)OC(=O)N1CC(N2CCC(n3nc(-c4ccc(Oc5ccccc5)nc4)c4c(N)ncnc43)CC2)C1. The van der Waals surface area contributed by atoms with Gasteiger partial charge >= 0.3 is 6.09 Å². The van der Waals surface area contributed by atoms with Crippen LogP contribution in [-0.4, -0.2) is 78.4 Å². The molecule has 5 heterocycles. The fourth-order valence-electron chi connectivity index (χ4n) is 5.30. The number of pyridine rings is 1. The van der Waals surface area contributed by atoms with Crippen LogP contribution in [0.15, 0.2) is 55.0 Å². The van der Waals surface area contributed by atoms with Gasteiger partial charge in [0.1, 0.15) is 29.2 Å². The molecule has 0 unspecified atom stereocenters. The first kappa shape index (κ1) is 26.0. The van der Waals surface area contributed by atoms with E-state index in [0.29, 0.717) is 36.5 Å². The third kappa shape index (κ3) is 5.29. The van der Waals surface area contributed by atoms with Gasteiger partial charge in [-0.15, -0.1) is 0 Å². The maximum absolute atomic E-state index is 12.3. The monoisotopic (exact) mass is 542 g/mol. The van der Waals surface area contributed by atoms with Crippen LogP contribution in [0, 0.1) is 0 Å². The summed E-state index contributed by atoms with van der Waals surface area (Å²) in [7, 11) is 0.